The lowest BCUT2D eigenvalue weighted by Gasteiger charge is -2.46. The van der Waals surface area contributed by atoms with Gasteiger partial charge in [-0.3, -0.25) is 4.98 Å². The van der Waals surface area contributed by atoms with E-state index in [4.69, 9.17) is 9.41 Å². The van der Waals surface area contributed by atoms with Crippen molar-refractivity contribution < 1.29 is 12.8 Å². The lowest BCUT2D eigenvalue weighted by Crippen LogP contribution is -2.50. The van der Waals surface area contributed by atoms with Crippen LogP contribution in [0.25, 0.3) is 0 Å². The van der Waals surface area contributed by atoms with Gasteiger partial charge < -0.3 is 4.43 Å². The van der Waals surface area contributed by atoms with E-state index in [0.29, 0.717) is 32.1 Å². The molecule has 0 amide bonds. The Morgan fingerprint density at radius 1 is 0.682 bits per heavy atom. The van der Waals surface area contributed by atoms with Gasteiger partial charge in [0.2, 0.25) is 8.32 Å². The zero-order chi connectivity index (χ0) is 32.0. The van der Waals surface area contributed by atoms with Gasteiger partial charge in [-0.2, -0.15) is 0 Å². The Kier molecular flexibility index (Phi) is 11.6. The summed E-state index contributed by atoms with van der Waals surface area (Å²) in [6.45, 7) is 17.6. The third kappa shape index (κ3) is 7.54. The number of benzene rings is 3. The summed E-state index contributed by atoms with van der Waals surface area (Å²) in [5, 5.41) is 0. The molecule has 0 aliphatic heterocycles. The predicted molar refractivity (Wildman–Crippen MR) is 185 cm³/mol. The van der Waals surface area contributed by atoms with Crippen molar-refractivity contribution >= 4 is 30.1 Å². The number of hydrogen-bond donors (Lipinski definition) is 1. The van der Waals surface area contributed by atoms with E-state index in [9.17, 15) is 8.42 Å². The van der Waals surface area contributed by atoms with Crippen LogP contribution in [0.15, 0.2) is 112 Å². The molecule has 2 unspecified atom stereocenters. The highest BCUT2D eigenvalue weighted by atomic mass is 32.2. The van der Waals surface area contributed by atoms with E-state index in [1.54, 1.807) is 6.20 Å². The summed E-state index contributed by atoms with van der Waals surface area (Å²) in [4.78, 5) is 6.84. The third-order valence-electron chi connectivity index (χ3n) is 8.48. The van der Waals surface area contributed by atoms with Crippen LogP contribution in [0, 0.1) is 13.8 Å². The molecule has 0 saturated heterocycles. The lowest BCUT2D eigenvalue weighted by atomic mass is 10.00. The molecule has 0 saturated carbocycles. The molecule has 8 heteroatoms. The molecule has 1 N–H and O–H groups in total. The van der Waals surface area contributed by atoms with Crippen molar-refractivity contribution in [2.24, 2.45) is 0 Å². The molecule has 0 spiro atoms. The van der Waals surface area contributed by atoms with Crippen LogP contribution in [0.4, 0.5) is 0 Å². The lowest BCUT2D eigenvalue weighted by molar-refractivity contribution is 0.137. The van der Waals surface area contributed by atoms with Gasteiger partial charge in [0.1, 0.15) is 11.0 Å². The van der Waals surface area contributed by atoms with E-state index in [2.05, 4.69) is 46.3 Å². The van der Waals surface area contributed by atoms with Crippen LogP contribution in [0.3, 0.4) is 0 Å². The summed E-state index contributed by atoms with van der Waals surface area (Å²) in [6, 6.07) is 28.5. The second kappa shape index (κ2) is 15.0. The minimum Gasteiger partial charge on any atom is -0.407 e. The van der Waals surface area contributed by atoms with Crippen molar-refractivity contribution in [3.05, 3.63) is 120 Å². The van der Waals surface area contributed by atoms with E-state index in [-0.39, 0.29) is 0 Å². The second-order valence-electron chi connectivity index (χ2n) is 12.4. The summed E-state index contributed by atoms with van der Waals surface area (Å²) in [7, 11) is -5.54. The highest BCUT2D eigenvalue weighted by Crippen LogP contribution is 2.48. The van der Waals surface area contributed by atoms with Gasteiger partial charge in [0, 0.05) is 16.0 Å². The topological polar surface area (TPSA) is 68.3 Å². The van der Waals surface area contributed by atoms with Crippen molar-refractivity contribution in [3.63, 3.8) is 0 Å². The first-order valence-corrected chi connectivity index (χ1v) is 19.8. The molecule has 3 aromatic carbocycles. The molecular weight excluding hydrogens is 601 g/mol. The molecule has 0 aliphatic carbocycles. The maximum absolute atomic E-state index is 14.3. The van der Waals surface area contributed by atoms with Gasteiger partial charge in [-0.05, 0) is 78.5 Å². The molecule has 4 rings (SSSR count). The van der Waals surface area contributed by atoms with Crippen molar-refractivity contribution in [3.8, 4) is 0 Å². The van der Waals surface area contributed by atoms with Gasteiger partial charge in [0.05, 0.1) is 33.5 Å². The number of pyridine rings is 1. The van der Waals surface area contributed by atoms with Crippen LogP contribution in [-0.2, 0) is 26.2 Å². The summed E-state index contributed by atoms with van der Waals surface area (Å²) in [5.41, 5.74) is 4.63. The summed E-state index contributed by atoms with van der Waals surface area (Å²) in [5.74, 6) is 0. The first kappa shape index (κ1) is 34.1. The normalized spacial score (nSPS) is 15.0. The van der Waals surface area contributed by atoms with Gasteiger partial charge in [0.25, 0.3) is 0 Å². The largest absolute Gasteiger partial charge is 0.407 e. The minimum absolute atomic E-state index is 0.298. The van der Waals surface area contributed by atoms with Crippen molar-refractivity contribution in [2.45, 2.75) is 98.8 Å². The number of hydrogen-bond acceptors (Lipinski definition) is 4. The van der Waals surface area contributed by atoms with Gasteiger partial charge in [-0.1, -0.05) is 101 Å². The van der Waals surface area contributed by atoms with Gasteiger partial charge in [-0.25, -0.2) is 13.1 Å². The first-order valence-electron chi connectivity index (χ1n) is 15.4. The Labute approximate surface area is 270 Å². The Bertz CT molecular complexity index is 1540. The molecule has 44 heavy (non-hydrogen) atoms. The molecule has 1 heterocycles. The van der Waals surface area contributed by atoms with E-state index >= 15 is 0 Å². The highest BCUT2D eigenvalue weighted by Gasteiger charge is 2.49. The molecular formula is C36H46N2O3S2Si. The van der Waals surface area contributed by atoms with Crippen LogP contribution in [0.1, 0.15) is 76.1 Å². The molecule has 0 fully saturated rings. The summed E-state index contributed by atoms with van der Waals surface area (Å²) >= 11 is 0. The van der Waals surface area contributed by atoms with E-state index in [1.165, 1.54) is 0 Å². The SMILES string of the molecule is Cc1ccc(S(=O)N[C@H](c2ccccn2)[C@@H](O[Si](C(C)C)(C(C)C)C(C)C)c2ccccc2S(=O)c2ccc(C)cc2)cc1. The van der Waals surface area contributed by atoms with Gasteiger partial charge in [-0.15, -0.1) is 0 Å². The summed E-state index contributed by atoms with van der Waals surface area (Å²) in [6.07, 6.45) is 1.15. The highest BCUT2D eigenvalue weighted by molar-refractivity contribution is 7.85. The van der Waals surface area contributed by atoms with Crippen molar-refractivity contribution in [1.29, 1.82) is 0 Å². The molecule has 234 valence electrons. The fraction of sp³-hybridized carbons (Fsp3) is 0.361. The quantitative estimate of drug-likeness (QED) is 0.147. The predicted octanol–water partition coefficient (Wildman–Crippen LogP) is 9.15. The smallest absolute Gasteiger partial charge is 0.201 e. The van der Waals surface area contributed by atoms with Gasteiger partial charge >= 0.3 is 0 Å². The van der Waals surface area contributed by atoms with Crippen LogP contribution >= 0.6 is 0 Å². The average Bonchev–Trinajstić information content (AvgIpc) is 3.01. The molecule has 4 aromatic rings. The van der Waals surface area contributed by atoms with Gasteiger partial charge in [0.15, 0.2) is 0 Å². The Hall–Kier alpha value is -2.75. The summed E-state index contributed by atoms with van der Waals surface area (Å²) < 4.78 is 39.3. The zero-order valence-corrected chi connectivity index (χ0v) is 29.7. The van der Waals surface area contributed by atoms with Crippen molar-refractivity contribution in [1.82, 2.24) is 9.71 Å². The van der Waals surface area contributed by atoms with E-state index in [0.717, 1.165) is 21.6 Å². The average molecular weight is 647 g/mol. The first-order chi connectivity index (χ1) is 21.0. The molecule has 4 atom stereocenters. The monoisotopic (exact) mass is 646 g/mol. The van der Waals surface area contributed by atoms with E-state index < -0.39 is 42.2 Å². The number of aromatic nitrogens is 1. The molecule has 5 nitrogen and oxygen atoms in total. The Morgan fingerprint density at radius 3 is 1.73 bits per heavy atom. The van der Waals surface area contributed by atoms with E-state index in [1.807, 2.05) is 105 Å². The molecule has 0 bridgehead atoms. The van der Waals surface area contributed by atoms with Crippen molar-refractivity contribution in [2.75, 3.05) is 0 Å². The molecule has 1 aromatic heterocycles. The number of rotatable bonds is 13. The Morgan fingerprint density at radius 2 is 1.20 bits per heavy atom. The van der Waals surface area contributed by atoms with Crippen LogP contribution < -0.4 is 4.72 Å². The number of aryl methyl sites for hydroxylation is 2. The fourth-order valence-corrected chi connectivity index (χ4v) is 14.0. The number of nitrogens with zero attached hydrogens (tertiary/aromatic N) is 1. The van der Waals surface area contributed by atoms with Crippen LogP contribution in [0.2, 0.25) is 16.6 Å². The van der Waals surface area contributed by atoms with Crippen LogP contribution in [0.5, 0.6) is 0 Å². The molecule has 0 radical (unpaired) electrons. The standard InChI is InChI=1S/C36H46N2O3S2Si/c1-25(2)44(26(3)4,27(5)6)41-36(32-13-9-10-15-34(32)42(39)30-20-16-28(7)17-21-30)35(33-14-11-12-24-37-33)38-43(40)31-22-18-29(8)19-23-31/h9-27,35-36,38H,1-8H3/t35-,36+,42?,43?/m1/s1. The fourth-order valence-electron chi connectivity index (χ4n) is 6.29. The maximum atomic E-state index is 14.3. The maximum Gasteiger partial charge on any atom is 0.201 e. The Balaban J connectivity index is 1.95. The zero-order valence-electron chi connectivity index (χ0n) is 27.1. The third-order valence-corrected chi connectivity index (χ3v) is 17.2. The van der Waals surface area contributed by atoms with Crippen LogP contribution in [-0.4, -0.2) is 21.7 Å². The number of nitrogens with one attached hydrogen (secondary N) is 1. The second-order valence-corrected chi connectivity index (χ2v) is 20.5. The molecule has 0 aliphatic rings. The minimum atomic E-state index is -2.52.